The summed E-state index contributed by atoms with van der Waals surface area (Å²) in [6, 6.07) is 20.4. The number of benzene rings is 3. The first-order valence-corrected chi connectivity index (χ1v) is 12.6. The van der Waals surface area contributed by atoms with Gasteiger partial charge in [-0.25, -0.2) is 8.42 Å². The van der Waals surface area contributed by atoms with E-state index in [1.807, 2.05) is 31.2 Å². The quantitative estimate of drug-likeness (QED) is 0.351. The van der Waals surface area contributed by atoms with Crippen LogP contribution in [0.3, 0.4) is 0 Å². The normalized spacial score (nSPS) is 12.6. The molecule has 3 rings (SSSR count). The lowest BCUT2D eigenvalue weighted by Crippen LogP contribution is -2.41. The molecule has 0 radical (unpaired) electrons. The highest BCUT2D eigenvalue weighted by Gasteiger charge is 2.28. The monoisotopic (exact) mass is 495 g/mol. The Balaban J connectivity index is 1.88. The Hall–Kier alpha value is -3.72. The second-order valence-electron chi connectivity index (χ2n) is 9.26. The molecule has 0 aromatic heterocycles. The number of nitrogens with zero attached hydrogens (tertiary/aromatic N) is 2. The van der Waals surface area contributed by atoms with Crippen molar-refractivity contribution in [2.75, 3.05) is 10.8 Å². The van der Waals surface area contributed by atoms with Crippen LogP contribution in [-0.4, -0.2) is 25.8 Å². The molecule has 8 nitrogen and oxygen atoms in total. The molecule has 0 bridgehead atoms. The van der Waals surface area contributed by atoms with E-state index in [1.165, 1.54) is 30.3 Å². The molecule has 0 saturated heterocycles. The first kappa shape index (κ1) is 25.9. The van der Waals surface area contributed by atoms with Crippen molar-refractivity contribution in [1.82, 2.24) is 5.32 Å². The summed E-state index contributed by atoms with van der Waals surface area (Å²) in [4.78, 5) is 23.6. The maximum Gasteiger partial charge on any atom is 0.271 e. The Morgan fingerprint density at radius 3 is 2.20 bits per heavy atom. The van der Waals surface area contributed by atoms with Gasteiger partial charge >= 0.3 is 0 Å². The standard InChI is InChI=1S/C26H29N3O5S/c1-19(20-13-15-21(16-14-20)26(2,3)4)27-25(30)18-28(22-9-8-10-23(17-22)29(31)32)35(33,34)24-11-6-5-7-12-24/h5-17,19H,18H2,1-4H3,(H,27,30). The average molecular weight is 496 g/mol. The van der Waals surface area contributed by atoms with Crippen molar-refractivity contribution >= 4 is 27.3 Å². The van der Waals surface area contributed by atoms with Gasteiger partial charge in [0, 0.05) is 12.1 Å². The van der Waals surface area contributed by atoms with Crippen LogP contribution in [0.2, 0.25) is 0 Å². The number of nitrogens with one attached hydrogen (secondary N) is 1. The molecule has 0 aliphatic carbocycles. The van der Waals surface area contributed by atoms with E-state index in [0.29, 0.717) is 0 Å². The first-order chi connectivity index (χ1) is 16.4. The van der Waals surface area contributed by atoms with E-state index in [0.717, 1.165) is 21.5 Å². The second-order valence-corrected chi connectivity index (χ2v) is 11.1. The molecule has 0 fully saturated rings. The first-order valence-electron chi connectivity index (χ1n) is 11.1. The fraction of sp³-hybridized carbons (Fsp3) is 0.269. The summed E-state index contributed by atoms with van der Waals surface area (Å²) in [6.45, 7) is 7.62. The molecule has 1 unspecified atom stereocenters. The smallest absolute Gasteiger partial charge is 0.271 e. The van der Waals surface area contributed by atoms with E-state index >= 15 is 0 Å². The lowest BCUT2D eigenvalue weighted by Gasteiger charge is -2.25. The number of anilines is 1. The summed E-state index contributed by atoms with van der Waals surface area (Å²) < 4.78 is 27.7. The highest BCUT2D eigenvalue weighted by molar-refractivity contribution is 7.92. The van der Waals surface area contributed by atoms with Crippen LogP contribution in [0, 0.1) is 10.1 Å². The summed E-state index contributed by atoms with van der Waals surface area (Å²) >= 11 is 0. The zero-order chi connectivity index (χ0) is 25.8. The van der Waals surface area contributed by atoms with E-state index in [9.17, 15) is 23.3 Å². The van der Waals surface area contributed by atoms with Gasteiger partial charge in [0.05, 0.1) is 21.5 Å². The molecule has 9 heteroatoms. The molecular weight excluding hydrogens is 466 g/mol. The largest absolute Gasteiger partial charge is 0.348 e. The summed E-state index contributed by atoms with van der Waals surface area (Å²) in [5.41, 5.74) is 1.78. The van der Waals surface area contributed by atoms with Gasteiger partial charge in [-0.3, -0.25) is 19.2 Å². The number of nitro benzene ring substituents is 1. The van der Waals surface area contributed by atoms with E-state index in [1.54, 1.807) is 18.2 Å². The third-order valence-corrected chi connectivity index (χ3v) is 7.39. The Morgan fingerprint density at radius 1 is 1.00 bits per heavy atom. The number of hydrogen-bond donors (Lipinski definition) is 1. The van der Waals surface area contributed by atoms with Crippen molar-refractivity contribution in [3.8, 4) is 0 Å². The summed E-state index contributed by atoms with van der Waals surface area (Å²) in [5, 5.41) is 14.1. The lowest BCUT2D eigenvalue weighted by atomic mass is 9.86. The SMILES string of the molecule is CC(NC(=O)CN(c1cccc([N+](=O)[O-])c1)S(=O)(=O)c1ccccc1)c1ccc(C(C)(C)C)cc1. The maximum absolute atomic E-state index is 13.4. The molecular formula is C26H29N3O5S. The predicted molar refractivity (Wildman–Crippen MR) is 136 cm³/mol. The fourth-order valence-corrected chi connectivity index (χ4v) is 5.00. The number of carbonyl (C=O) groups is 1. The number of rotatable bonds is 8. The fourth-order valence-electron chi connectivity index (χ4n) is 3.57. The van der Waals surface area contributed by atoms with Crippen molar-refractivity contribution in [3.05, 3.63) is 100 Å². The van der Waals surface area contributed by atoms with Gasteiger partial charge in [-0.15, -0.1) is 0 Å². The molecule has 1 N–H and O–H groups in total. The van der Waals surface area contributed by atoms with E-state index in [2.05, 4.69) is 26.1 Å². The topological polar surface area (TPSA) is 110 Å². The third kappa shape index (κ3) is 6.24. The van der Waals surface area contributed by atoms with E-state index in [-0.39, 0.29) is 27.7 Å². The molecule has 0 spiro atoms. The molecule has 0 saturated carbocycles. The van der Waals surface area contributed by atoms with Crippen molar-refractivity contribution in [2.45, 2.75) is 44.0 Å². The van der Waals surface area contributed by atoms with Gasteiger partial charge in [-0.05, 0) is 41.7 Å². The van der Waals surface area contributed by atoms with Gasteiger partial charge in [-0.2, -0.15) is 0 Å². The minimum Gasteiger partial charge on any atom is -0.348 e. The zero-order valence-corrected chi connectivity index (χ0v) is 21.0. The van der Waals surface area contributed by atoms with Crippen molar-refractivity contribution in [1.29, 1.82) is 0 Å². The highest BCUT2D eigenvalue weighted by Crippen LogP contribution is 2.27. The summed E-state index contributed by atoms with van der Waals surface area (Å²) in [6.07, 6.45) is 0. The number of non-ortho nitro benzene ring substituents is 1. The molecule has 35 heavy (non-hydrogen) atoms. The molecule has 0 aliphatic rings. The van der Waals surface area contributed by atoms with Crippen LogP contribution in [0.15, 0.2) is 83.8 Å². The number of hydrogen-bond acceptors (Lipinski definition) is 5. The van der Waals surface area contributed by atoms with E-state index < -0.39 is 27.4 Å². The predicted octanol–water partition coefficient (Wildman–Crippen LogP) is 4.97. The number of nitro groups is 1. The Labute approximate surface area is 205 Å². The zero-order valence-electron chi connectivity index (χ0n) is 20.1. The van der Waals surface area contributed by atoms with Crippen molar-refractivity contribution in [3.63, 3.8) is 0 Å². The molecule has 0 aliphatic heterocycles. The Kier molecular flexibility index (Phi) is 7.60. The minimum atomic E-state index is -4.16. The van der Waals surface area contributed by atoms with Crippen LogP contribution in [0.4, 0.5) is 11.4 Å². The van der Waals surface area contributed by atoms with Gasteiger partial charge in [0.25, 0.3) is 15.7 Å². The van der Waals surface area contributed by atoms with Crippen molar-refractivity contribution in [2.24, 2.45) is 0 Å². The van der Waals surface area contributed by atoms with Gasteiger partial charge < -0.3 is 5.32 Å². The van der Waals surface area contributed by atoms with Crippen LogP contribution in [0.1, 0.15) is 44.9 Å². The Morgan fingerprint density at radius 2 is 1.63 bits per heavy atom. The Bertz CT molecular complexity index is 1300. The summed E-state index contributed by atoms with van der Waals surface area (Å²) in [5.74, 6) is -0.539. The van der Waals surface area contributed by atoms with Crippen LogP contribution >= 0.6 is 0 Å². The average Bonchev–Trinajstić information content (AvgIpc) is 2.82. The summed E-state index contributed by atoms with van der Waals surface area (Å²) in [7, 11) is -4.16. The van der Waals surface area contributed by atoms with Gasteiger partial charge in [-0.1, -0.05) is 69.3 Å². The third-order valence-electron chi connectivity index (χ3n) is 5.60. The highest BCUT2D eigenvalue weighted by atomic mass is 32.2. The van der Waals surface area contributed by atoms with Crippen LogP contribution in [0.5, 0.6) is 0 Å². The van der Waals surface area contributed by atoms with Gasteiger partial charge in [0.2, 0.25) is 5.91 Å². The van der Waals surface area contributed by atoms with Gasteiger partial charge in [0.1, 0.15) is 6.54 Å². The molecule has 184 valence electrons. The molecule has 1 atom stereocenters. The minimum absolute atomic E-state index is 0.00436. The number of sulfonamides is 1. The lowest BCUT2D eigenvalue weighted by molar-refractivity contribution is -0.384. The maximum atomic E-state index is 13.4. The number of carbonyl (C=O) groups excluding carboxylic acids is 1. The van der Waals surface area contributed by atoms with Gasteiger partial charge in [0.15, 0.2) is 0 Å². The number of amides is 1. The van der Waals surface area contributed by atoms with Crippen LogP contribution in [0.25, 0.3) is 0 Å². The molecule has 1 amide bonds. The van der Waals surface area contributed by atoms with Crippen molar-refractivity contribution < 1.29 is 18.1 Å². The van der Waals surface area contributed by atoms with Crippen LogP contribution < -0.4 is 9.62 Å². The van der Waals surface area contributed by atoms with E-state index in [4.69, 9.17) is 0 Å². The molecule has 3 aromatic rings. The molecule has 0 heterocycles. The second kappa shape index (κ2) is 10.3. The van der Waals surface area contributed by atoms with Crippen LogP contribution in [-0.2, 0) is 20.2 Å². The molecule has 3 aromatic carbocycles.